The Morgan fingerprint density at radius 1 is 1.20 bits per heavy atom. The van der Waals surface area contributed by atoms with Crippen LogP contribution in [0.3, 0.4) is 0 Å². The van der Waals surface area contributed by atoms with E-state index in [-0.39, 0.29) is 5.91 Å². The summed E-state index contributed by atoms with van der Waals surface area (Å²) in [6.45, 7) is 3.92. The van der Waals surface area contributed by atoms with Gasteiger partial charge in [-0.25, -0.2) is 4.68 Å². The van der Waals surface area contributed by atoms with Crippen molar-refractivity contribution in [3.63, 3.8) is 0 Å². The van der Waals surface area contributed by atoms with Crippen molar-refractivity contribution in [1.82, 2.24) is 24.8 Å². The number of nitrogens with zero attached hydrogens (tertiary/aromatic N) is 5. The summed E-state index contributed by atoms with van der Waals surface area (Å²) in [6, 6.07) is 8.09. The molecule has 0 spiro atoms. The summed E-state index contributed by atoms with van der Waals surface area (Å²) in [5, 5.41) is 15.4. The highest BCUT2D eigenvalue weighted by molar-refractivity contribution is 6.04. The normalized spacial score (nSPS) is 13.1. The molecule has 7 nitrogen and oxygen atoms in total. The van der Waals surface area contributed by atoms with E-state index in [0.717, 1.165) is 47.5 Å². The SMILES string of the molecule is Cc1ccccc1-n1nc(C(=O)Nc2nnn(C)c2C)c2c1CCC2. The number of rotatable bonds is 3. The Labute approximate surface area is 145 Å². The van der Waals surface area contributed by atoms with E-state index in [1.54, 1.807) is 11.7 Å². The van der Waals surface area contributed by atoms with Crippen molar-refractivity contribution >= 4 is 11.7 Å². The van der Waals surface area contributed by atoms with Crippen LogP contribution >= 0.6 is 0 Å². The summed E-state index contributed by atoms with van der Waals surface area (Å²) in [4.78, 5) is 12.8. The summed E-state index contributed by atoms with van der Waals surface area (Å²) in [5.41, 5.74) is 5.63. The molecule has 0 saturated carbocycles. The Morgan fingerprint density at radius 3 is 2.72 bits per heavy atom. The van der Waals surface area contributed by atoms with Crippen molar-refractivity contribution in [2.24, 2.45) is 7.05 Å². The van der Waals surface area contributed by atoms with E-state index in [9.17, 15) is 4.79 Å². The van der Waals surface area contributed by atoms with Gasteiger partial charge in [0.15, 0.2) is 11.5 Å². The van der Waals surface area contributed by atoms with Gasteiger partial charge in [0.1, 0.15) is 0 Å². The number of amides is 1. The highest BCUT2D eigenvalue weighted by atomic mass is 16.2. The number of nitrogens with one attached hydrogen (secondary N) is 1. The average molecular weight is 336 g/mol. The van der Waals surface area contributed by atoms with Gasteiger partial charge < -0.3 is 5.32 Å². The van der Waals surface area contributed by atoms with Crippen LogP contribution in [0.25, 0.3) is 5.69 Å². The maximum absolute atomic E-state index is 12.8. The van der Waals surface area contributed by atoms with Gasteiger partial charge in [-0.3, -0.25) is 9.48 Å². The second-order valence-corrected chi connectivity index (χ2v) is 6.43. The summed E-state index contributed by atoms with van der Waals surface area (Å²) in [6.07, 6.45) is 2.86. The molecule has 1 N–H and O–H groups in total. The van der Waals surface area contributed by atoms with Gasteiger partial charge in [-0.2, -0.15) is 5.10 Å². The van der Waals surface area contributed by atoms with Crippen molar-refractivity contribution in [1.29, 1.82) is 0 Å². The molecule has 1 aliphatic carbocycles. The molecule has 2 heterocycles. The second kappa shape index (κ2) is 5.84. The molecule has 7 heteroatoms. The predicted octanol–water partition coefficient (Wildman–Crippen LogP) is 2.36. The number of para-hydroxylation sites is 1. The van der Waals surface area contributed by atoms with Gasteiger partial charge in [-0.05, 0) is 44.7 Å². The fourth-order valence-electron chi connectivity index (χ4n) is 3.31. The standard InChI is InChI=1S/C18H20N6O/c1-11-7-4-5-9-14(11)24-15-10-6-8-13(15)16(21-24)18(25)19-17-12(2)23(3)22-20-17/h4-5,7,9H,6,8,10H2,1-3H3,(H,19,25). The van der Waals surface area contributed by atoms with Crippen LogP contribution in [-0.2, 0) is 19.9 Å². The quantitative estimate of drug-likeness (QED) is 0.796. The van der Waals surface area contributed by atoms with Gasteiger partial charge >= 0.3 is 0 Å². The Bertz CT molecular complexity index is 968. The summed E-state index contributed by atoms with van der Waals surface area (Å²) >= 11 is 0. The van der Waals surface area contributed by atoms with Crippen LogP contribution in [0, 0.1) is 13.8 Å². The van der Waals surface area contributed by atoms with E-state index in [0.29, 0.717) is 11.5 Å². The minimum Gasteiger partial charge on any atom is -0.302 e. The van der Waals surface area contributed by atoms with Gasteiger partial charge in [0.2, 0.25) is 0 Å². The third-order valence-corrected chi connectivity index (χ3v) is 4.83. The second-order valence-electron chi connectivity index (χ2n) is 6.43. The fraction of sp³-hybridized carbons (Fsp3) is 0.333. The average Bonchev–Trinajstić information content (AvgIpc) is 3.27. The molecule has 0 atom stereocenters. The first-order valence-corrected chi connectivity index (χ1v) is 8.40. The maximum atomic E-state index is 12.8. The zero-order chi connectivity index (χ0) is 17.6. The molecule has 0 bridgehead atoms. The minimum absolute atomic E-state index is 0.228. The van der Waals surface area contributed by atoms with Crippen LogP contribution in [0.15, 0.2) is 24.3 Å². The van der Waals surface area contributed by atoms with Gasteiger partial charge in [-0.1, -0.05) is 23.4 Å². The zero-order valence-corrected chi connectivity index (χ0v) is 14.6. The topological polar surface area (TPSA) is 77.6 Å². The van der Waals surface area contributed by atoms with Crippen LogP contribution < -0.4 is 5.32 Å². The lowest BCUT2D eigenvalue weighted by atomic mass is 10.2. The summed E-state index contributed by atoms with van der Waals surface area (Å²) in [5.74, 6) is 0.249. The molecule has 0 fully saturated rings. The minimum atomic E-state index is -0.228. The fourth-order valence-corrected chi connectivity index (χ4v) is 3.31. The van der Waals surface area contributed by atoms with Crippen molar-refractivity contribution in [2.75, 3.05) is 5.32 Å². The first kappa shape index (κ1) is 15.6. The molecule has 0 aliphatic heterocycles. The van der Waals surface area contributed by atoms with Crippen LogP contribution in [0.5, 0.6) is 0 Å². The third kappa shape index (κ3) is 2.52. The lowest BCUT2D eigenvalue weighted by Gasteiger charge is -2.08. The van der Waals surface area contributed by atoms with E-state index < -0.39 is 0 Å². The molecular weight excluding hydrogens is 316 g/mol. The summed E-state index contributed by atoms with van der Waals surface area (Å²) in [7, 11) is 1.79. The Morgan fingerprint density at radius 2 is 2.00 bits per heavy atom. The first-order valence-electron chi connectivity index (χ1n) is 8.40. The van der Waals surface area contributed by atoms with Gasteiger partial charge in [0, 0.05) is 18.3 Å². The molecule has 1 aliphatic rings. The molecule has 1 amide bonds. The number of aryl methyl sites for hydroxylation is 2. The molecule has 3 aromatic rings. The molecule has 128 valence electrons. The number of anilines is 1. The van der Waals surface area contributed by atoms with E-state index in [1.165, 1.54) is 0 Å². The van der Waals surface area contributed by atoms with E-state index >= 15 is 0 Å². The largest absolute Gasteiger partial charge is 0.302 e. The first-order chi connectivity index (χ1) is 12.1. The van der Waals surface area contributed by atoms with E-state index in [1.807, 2.05) is 29.8 Å². The smallest absolute Gasteiger partial charge is 0.277 e. The van der Waals surface area contributed by atoms with E-state index in [4.69, 9.17) is 0 Å². The number of aromatic nitrogens is 5. The highest BCUT2D eigenvalue weighted by Crippen LogP contribution is 2.29. The van der Waals surface area contributed by atoms with Gasteiger partial charge in [0.05, 0.1) is 11.4 Å². The molecule has 4 rings (SSSR count). The number of hydrogen-bond donors (Lipinski definition) is 1. The van der Waals surface area contributed by atoms with E-state index in [2.05, 4.69) is 33.7 Å². The number of carbonyl (C=O) groups is 1. The van der Waals surface area contributed by atoms with Crippen molar-refractivity contribution < 1.29 is 4.79 Å². The van der Waals surface area contributed by atoms with Crippen molar-refractivity contribution in [3.05, 3.63) is 52.5 Å². The number of benzene rings is 1. The predicted molar refractivity (Wildman–Crippen MR) is 94.0 cm³/mol. The number of hydrogen-bond acceptors (Lipinski definition) is 4. The van der Waals surface area contributed by atoms with Crippen LogP contribution in [0.1, 0.15) is 39.4 Å². The third-order valence-electron chi connectivity index (χ3n) is 4.83. The molecular formula is C18H20N6O. The van der Waals surface area contributed by atoms with Gasteiger partial charge in [-0.15, -0.1) is 5.10 Å². The molecule has 2 aromatic heterocycles. The zero-order valence-electron chi connectivity index (χ0n) is 14.6. The van der Waals surface area contributed by atoms with Crippen molar-refractivity contribution in [3.8, 4) is 5.69 Å². The maximum Gasteiger partial charge on any atom is 0.277 e. The molecule has 1 aromatic carbocycles. The Hall–Kier alpha value is -2.96. The Kier molecular flexibility index (Phi) is 3.63. The highest BCUT2D eigenvalue weighted by Gasteiger charge is 2.28. The monoisotopic (exact) mass is 336 g/mol. The molecule has 0 radical (unpaired) electrons. The number of fused-ring (bicyclic) bond motifs is 1. The molecule has 0 unspecified atom stereocenters. The van der Waals surface area contributed by atoms with Crippen LogP contribution in [0.2, 0.25) is 0 Å². The van der Waals surface area contributed by atoms with Gasteiger partial charge in [0.25, 0.3) is 5.91 Å². The lowest BCUT2D eigenvalue weighted by Crippen LogP contribution is -2.16. The summed E-state index contributed by atoms with van der Waals surface area (Å²) < 4.78 is 3.56. The molecule has 0 saturated heterocycles. The van der Waals surface area contributed by atoms with Crippen LogP contribution in [-0.4, -0.2) is 30.7 Å². The Balaban J connectivity index is 1.74. The number of carbonyl (C=O) groups excluding carboxylic acids is 1. The lowest BCUT2D eigenvalue weighted by molar-refractivity contribution is 0.102. The van der Waals surface area contributed by atoms with Crippen LogP contribution in [0.4, 0.5) is 5.82 Å². The van der Waals surface area contributed by atoms with Crippen molar-refractivity contribution in [2.45, 2.75) is 33.1 Å². The molecule has 25 heavy (non-hydrogen) atoms.